The lowest BCUT2D eigenvalue weighted by Crippen LogP contribution is -2.40. The summed E-state index contributed by atoms with van der Waals surface area (Å²) < 4.78 is 0. The zero-order valence-electron chi connectivity index (χ0n) is 8.62. The van der Waals surface area contributed by atoms with E-state index in [0.717, 1.165) is 25.8 Å². The summed E-state index contributed by atoms with van der Waals surface area (Å²) in [5.74, 6) is 0.301. The molecule has 1 fully saturated rings. The Morgan fingerprint density at radius 1 is 1.69 bits per heavy atom. The van der Waals surface area contributed by atoms with Crippen LogP contribution in [0.2, 0.25) is 0 Å². The first-order valence-corrected chi connectivity index (χ1v) is 5.21. The quantitative estimate of drug-likeness (QED) is 0.710. The van der Waals surface area contributed by atoms with Crippen LogP contribution in [0, 0.1) is 5.92 Å². The maximum atomic E-state index is 11.9. The maximum absolute atomic E-state index is 11.9. The van der Waals surface area contributed by atoms with E-state index in [2.05, 4.69) is 6.92 Å². The Kier molecular flexibility index (Phi) is 3.72. The summed E-state index contributed by atoms with van der Waals surface area (Å²) in [6, 6.07) is 0.424. The number of hydrogen-bond acceptors (Lipinski definition) is 2. The molecule has 1 amide bonds. The van der Waals surface area contributed by atoms with Crippen molar-refractivity contribution in [3.8, 4) is 0 Å². The van der Waals surface area contributed by atoms with Gasteiger partial charge in [-0.1, -0.05) is 6.92 Å². The van der Waals surface area contributed by atoms with Crippen LogP contribution in [0.1, 0.15) is 33.1 Å². The molecule has 0 aromatic rings. The van der Waals surface area contributed by atoms with Crippen molar-refractivity contribution in [1.82, 2.24) is 4.90 Å². The van der Waals surface area contributed by atoms with Crippen molar-refractivity contribution in [2.75, 3.05) is 13.1 Å². The molecule has 0 aliphatic carbocycles. The van der Waals surface area contributed by atoms with Gasteiger partial charge in [0, 0.05) is 19.1 Å². The number of amides is 1. The lowest BCUT2D eigenvalue weighted by molar-refractivity contribution is -0.135. The largest absolute Gasteiger partial charge is 0.340 e. The molecule has 1 heterocycles. The van der Waals surface area contributed by atoms with E-state index in [1.165, 1.54) is 0 Å². The third-order valence-electron chi connectivity index (χ3n) is 2.96. The van der Waals surface area contributed by atoms with Crippen molar-refractivity contribution in [2.45, 2.75) is 39.2 Å². The van der Waals surface area contributed by atoms with E-state index in [1.54, 1.807) is 0 Å². The number of nitrogens with two attached hydrogens (primary N) is 1. The molecule has 0 aromatic heterocycles. The maximum Gasteiger partial charge on any atom is 0.227 e. The van der Waals surface area contributed by atoms with Crippen LogP contribution in [-0.4, -0.2) is 29.9 Å². The number of carbonyl (C=O) groups excluding carboxylic acids is 1. The lowest BCUT2D eigenvalue weighted by atomic mass is 10.1. The molecule has 1 rings (SSSR count). The molecule has 1 aliphatic rings. The normalized spacial score (nSPS) is 24.8. The van der Waals surface area contributed by atoms with E-state index >= 15 is 0 Å². The molecule has 2 N–H and O–H groups in total. The van der Waals surface area contributed by atoms with Crippen molar-refractivity contribution < 1.29 is 4.79 Å². The second kappa shape index (κ2) is 4.61. The molecular weight excluding hydrogens is 164 g/mol. The summed E-state index contributed by atoms with van der Waals surface area (Å²) >= 11 is 0. The average Bonchev–Trinajstić information content (AvgIpc) is 2.53. The molecule has 0 aromatic carbocycles. The molecule has 0 bridgehead atoms. The van der Waals surface area contributed by atoms with Gasteiger partial charge in [-0.3, -0.25) is 4.79 Å². The van der Waals surface area contributed by atoms with Crippen LogP contribution < -0.4 is 5.73 Å². The molecule has 0 spiro atoms. The Labute approximate surface area is 80.3 Å². The van der Waals surface area contributed by atoms with Crippen molar-refractivity contribution in [3.05, 3.63) is 0 Å². The molecule has 0 radical (unpaired) electrons. The van der Waals surface area contributed by atoms with Gasteiger partial charge in [-0.15, -0.1) is 0 Å². The first-order chi connectivity index (χ1) is 6.20. The second-order valence-corrected chi connectivity index (χ2v) is 3.86. The summed E-state index contributed by atoms with van der Waals surface area (Å²) in [5.41, 5.74) is 5.55. The fourth-order valence-electron chi connectivity index (χ4n) is 1.94. The smallest absolute Gasteiger partial charge is 0.227 e. The van der Waals surface area contributed by atoms with Crippen LogP contribution in [0.3, 0.4) is 0 Å². The predicted molar refractivity (Wildman–Crippen MR) is 53.2 cm³/mol. The molecule has 0 saturated carbocycles. The molecular formula is C10H20N2O. The third kappa shape index (κ3) is 2.21. The lowest BCUT2D eigenvalue weighted by Gasteiger charge is -2.25. The van der Waals surface area contributed by atoms with E-state index in [1.807, 2.05) is 11.8 Å². The van der Waals surface area contributed by atoms with Gasteiger partial charge in [0.25, 0.3) is 0 Å². The number of rotatable bonds is 3. The molecule has 2 unspecified atom stereocenters. The predicted octanol–water partition coefficient (Wildman–Crippen LogP) is 0.982. The Morgan fingerprint density at radius 3 is 2.77 bits per heavy atom. The molecule has 1 aliphatic heterocycles. The van der Waals surface area contributed by atoms with Crippen LogP contribution in [0.15, 0.2) is 0 Å². The topological polar surface area (TPSA) is 46.3 Å². The molecule has 76 valence electrons. The molecule has 2 atom stereocenters. The van der Waals surface area contributed by atoms with Gasteiger partial charge in [0.05, 0.1) is 5.92 Å². The van der Waals surface area contributed by atoms with Gasteiger partial charge >= 0.3 is 0 Å². The summed E-state index contributed by atoms with van der Waals surface area (Å²) in [6.07, 6.45) is 3.15. The van der Waals surface area contributed by atoms with Crippen molar-refractivity contribution in [3.63, 3.8) is 0 Å². The SMILES string of the molecule is CCC(CN)C(=O)N1CCCC1C. The van der Waals surface area contributed by atoms with Crippen LogP contribution >= 0.6 is 0 Å². The molecule has 3 heteroatoms. The molecule has 13 heavy (non-hydrogen) atoms. The van der Waals surface area contributed by atoms with Gasteiger partial charge in [0.15, 0.2) is 0 Å². The van der Waals surface area contributed by atoms with E-state index < -0.39 is 0 Å². The fourth-order valence-corrected chi connectivity index (χ4v) is 1.94. The Morgan fingerprint density at radius 2 is 2.38 bits per heavy atom. The number of carbonyl (C=O) groups is 1. The van der Waals surface area contributed by atoms with Gasteiger partial charge in [0.1, 0.15) is 0 Å². The Balaban J connectivity index is 2.54. The van der Waals surface area contributed by atoms with Crippen LogP contribution in [-0.2, 0) is 4.79 Å². The molecule has 3 nitrogen and oxygen atoms in total. The zero-order valence-corrected chi connectivity index (χ0v) is 8.62. The fraction of sp³-hybridized carbons (Fsp3) is 0.900. The van der Waals surface area contributed by atoms with Crippen LogP contribution in [0.4, 0.5) is 0 Å². The minimum absolute atomic E-state index is 0.0422. The standard InChI is InChI=1S/C10H20N2O/c1-3-9(7-11)10(13)12-6-4-5-8(12)2/h8-9H,3-7,11H2,1-2H3. The third-order valence-corrected chi connectivity index (χ3v) is 2.96. The highest BCUT2D eigenvalue weighted by Crippen LogP contribution is 2.19. The van der Waals surface area contributed by atoms with Crippen LogP contribution in [0.25, 0.3) is 0 Å². The van der Waals surface area contributed by atoms with E-state index in [4.69, 9.17) is 5.73 Å². The van der Waals surface area contributed by atoms with E-state index in [9.17, 15) is 4.79 Å². The number of likely N-dealkylation sites (tertiary alicyclic amines) is 1. The Bertz CT molecular complexity index is 178. The van der Waals surface area contributed by atoms with Crippen LogP contribution in [0.5, 0.6) is 0 Å². The monoisotopic (exact) mass is 184 g/mol. The van der Waals surface area contributed by atoms with Crippen molar-refractivity contribution in [1.29, 1.82) is 0 Å². The number of nitrogens with zero attached hydrogens (tertiary/aromatic N) is 1. The number of hydrogen-bond donors (Lipinski definition) is 1. The minimum atomic E-state index is 0.0422. The summed E-state index contributed by atoms with van der Waals surface area (Å²) in [5, 5.41) is 0. The zero-order chi connectivity index (χ0) is 9.84. The van der Waals surface area contributed by atoms with E-state index in [0.29, 0.717) is 12.6 Å². The van der Waals surface area contributed by atoms with Gasteiger partial charge in [-0.25, -0.2) is 0 Å². The first kappa shape index (κ1) is 10.5. The van der Waals surface area contributed by atoms with Crippen molar-refractivity contribution in [2.24, 2.45) is 11.7 Å². The highest BCUT2D eigenvalue weighted by atomic mass is 16.2. The Hall–Kier alpha value is -0.570. The van der Waals surface area contributed by atoms with Gasteiger partial charge < -0.3 is 10.6 Å². The van der Waals surface area contributed by atoms with Gasteiger partial charge in [-0.05, 0) is 26.2 Å². The second-order valence-electron chi connectivity index (χ2n) is 3.86. The average molecular weight is 184 g/mol. The highest BCUT2D eigenvalue weighted by Gasteiger charge is 2.28. The first-order valence-electron chi connectivity index (χ1n) is 5.21. The summed E-state index contributed by atoms with van der Waals surface area (Å²) in [4.78, 5) is 13.9. The molecule has 1 saturated heterocycles. The highest BCUT2D eigenvalue weighted by molar-refractivity contribution is 5.79. The van der Waals surface area contributed by atoms with Gasteiger partial charge in [-0.2, -0.15) is 0 Å². The van der Waals surface area contributed by atoms with Gasteiger partial charge in [0.2, 0.25) is 5.91 Å². The summed E-state index contributed by atoms with van der Waals surface area (Å²) in [6.45, 7) is 5.55. The summed E-state index contributed by atoms with van der Waals surface area (Å²) in [7, 11) is 0. The van der Waals surface area contributed by atoms with E-state index in [-0.39, 0.29) is 11.8 Å². The minimum Gasteiger partial charge on any atom is -0.340 e. The van der Waals surface area contributed by atoms with Crippen molar-refractivity contribution >= 4 is 5.91 Å².